The van der Waals surface area contributed by atoms with Crippen molar-refractivity contribution in [2.45, 2.75) is 19.3 Å². The zero-order valence-electron chi connectivity index (χ0n) is 11.0. The van der Waals surface area contributed by atoms with E-state index in [-0.39, 0.29) is 0 Å². The molecule has 2 rings (SSSR count). The minimum atomic E-state index is 0.726. The molecule has 3 nitrogen and oxygen atoms in total. The Labute approximate surface area is 114 Å². The van der Waals surface area contributed by atoms with Gasteiger partial charge in [-0.3, -0.25) is 0 Å². The molecule has 0 aromatic heterocycles. The third-order valence-electron chi connectivity index (χ3n) is 3.61. The summed E-state index contributed by atoms with van der Waals surface area (Å²) in [4.78, 5) is 2.42. The number of hydrogen-bond donors (Lipinski definition) is 2. The van der Waals surface area contributed by atoms with Gasteiger partial charge in [-0.25, -0.2) is 0 Å². The van der Waals surface area contributed by atoms with E-state index < -0.39 is 0 Å². The second kappa shape index (κ2) is 6.30. The fourth-order valence-corrected chi connectivity index (χ4v) is 2.77. The van der Waals surface area contributed by atoms with Gasteiger partial charge < -0.3 is 16.0 Å². The van der Waals surface area contributed by atoms with Crippen LogP contribution in [0.4, 0.5) is 11.4 Å². The van der Waals surface area contributed by atoms with Gasteiger partial charge >= 0.3 is 0 Å². The van der Waals surface area contributed by atoms with Crippen molar-refractivity contribution in [2.24, 2.45) is 5.92 Å². The number of halogens is 1. The van der Waals surface area contributed by atoms with Crippen molar-refractivity contribution in [3.63, 3.8) is 0 Å². The molecule has 3 N–H and O–H groups in total. The van der Waals surface area contributed by atoms with Crippen LogP contribution in [-0.2, 0) is 0 Å². The first kappa shape index (κ1) is 13.5. The van der Waals surface area contributed by atoms with E-state index in [1.54, 1.807) is 0 Å². The zero-order chi connectivity index (χ0) is 13.0. The third kappa shape index (κ3) is 3.79. The summed E-state index contributed by atoms with van der Waals surface area (Å²) in [5, 5.41) is 4.11. The minimum Gasteiger partial charge on any atom is -0.397 e. The van der Waals surface area contributed by atoms with E-state index in [0.717, 1.165) is 28.9 Å². The van der Waals surface area contributed by atoms with Crippen molar-refractivity contribution < 1.29 is 0 Å². The average Bonchev–Trinajstić information content (AvgIpc) is 2.34. The van der Waals surface area contributed by atoms with Gasteiger partial charge in [0.05, 0.1) is 11.4 Å². The molecule has 1 saturated heterocycles. The highest BCUT2D eigenvalue weighted by molar-refractivity contribution is 6.31. The summed E-state index contributed by atoms with van der Waals surface area (Å²) in [6.07, 6.45) is 3.85. The summed E-state index contributed by atoms with van der Waals surface area (Å²) < 4.78 is 0. The standard InChI is InChI=1S/C14H22ClN3/c1-18-8-2-3-11(10-18)6-7-17-14-9-12(15)4-5-13(14)16/h4-5,9,11,17H,2-3,6-8,10,16H2,1H3. The van der Waals surface area contributed by atoms with Gasteiger partial charge in [0.1, 0.15) is 0 Å². The lowest BCUT2D eigenvalue weighted by Gasteiger charge is -2.29. The highest BCUT2D eigenvalue weighted by Crippen LogP contribution is 2.24. The molecule has 1 fully saturated rings. The van der Waals surface area contributed by atoms with Crippen molar-refractivity contribution in [2.75, 3.05) is 37.7 Å². The van der Waals surface area contributed by atoms with Gasteiger partial charge in [0.2, 0.25) is 0 Å². The molecular formula is C14H22ClN3. The molecule has 4 heteroatoms. The van der Waals surface area contributed by atoms with Crippen LogP contribution in [0.25, 0.3) is 0 Å². The predicted octanol–water partition coefficient (Wildman–Crippen LogP) is 3.07. The summed E-state index contributed by atoms with van der Waals surface area (Å²) in [5.74, 6) is 0.802. The second-order valence-corrected chi connectivity index (χ2v) is 5.65. The van der Waals surface area contributed by atoms with Crippen molar-refractivity contribution in [3.8, 4) is 0 Å². The number of hydrogen-bond acceptors (Lipinski definition) is 3. The Morgan fingerprint density at radius 2 is 2.33 bits per heavy atom. The zero-order valence-corrected chi connectivity index (χ0v) is 11.7. The Bertz CT molecular complexity index is 395. The smallest absolute Gasteiger partial charge is 0.0588 e. The fourth-order valence-electron chi connectivity index (χ4n) is 2.60. The van der Waals surface area contributed by atoms with E-state index in [9.17, 15) is 0 Å². The molecule has 1 atom stereocenters. The van der Waals surface area contributed by atoms with Crippen molar-refractivity contribution >= 4 is 23.0 Å². The number of benzene rings is 1. The van der Waals surface area contributed by atoms with E-state index >= 15 is 0 Å². The Balaban J connectivity index is 1.79. The van der Waals surface area contributed by atoms with E-state index in [1.807, 2.05) is 18.2 Å². The summed E-state index contributed by atoms with van der Waals surface area (Å²) in [5.41, 5.74) is 7.62. The fraction of sp³-hybridized carbons (Fsp3) is 0.571. The molecule has 1 aromatic carbocycles. The van der Waals surface area contributed by atoms with Crippen LogP contribution in [0.1, 0.15) is 19.3 Å². The molecule has 0 bridgehead atoms. The highest BCUT2D eigenvalue weighted by atomic mass is 35.5. The van der Waals surface area contributed by atoms with Crippen LogP contribution in [0.3, 0.4) is 0 Å². The SMILES string of the molecule is CN1CCCC(CCNc2cc(Cl)ccc2N)C1. The van der Waals surface area contributed by atoms with E-state index in [2.05, 4.69) is 17.3 Å². The van der Waals surface area contributed by atoms with Crippen LogP contribution in [0.2, 0.25) is 5.02 Å². The number of nitrogens with one attached hydrogen (secondary N) is 1. The first-order valence-electron chi connectivity index (χ1n) is 6.62. The number of nitrogen functional groups attached to an aromatic ring is 1. The number of nitrogens with two attached hydrogens (primary N) is 1. The molecular weight excluding hydrogens is 246 g/mol. The van der Waals surface area contributed by atoms with Gasteiger partial charge in [-0.05, 0) is 57.0 Å². The molecule has 1 aliphatic rings. The number of likely N-dealkylation sites (tertiary alicyclic amines) is 1. The lowest BCUT2D eigenvalue weighted by atomic mass is 9.95. The van der Waals surface area contributed by atoms with Gasteiger partial charge in [-0.15, -0.1) is 0 Å². The first-order valence-corrected chi connectivity index (χ1v) is 7.00. The van der Waals surface area contributed by atoms with Crippen LogP contribution in [0.15, 0.2) is 18.2 Å². The van der Waals surface area contributed by atoms with E-state index in [1.165, 1.54) is 32.4 Å². The normalized spacial score (nSPS) is 20.9. The molecule has 0 aliphatic carbocycles. The number of piperidine rings is 1. The highest BCUT2D eigenvalue weighted by Gasteiger charge is 2.16. The Morgan fingerprint density at radius 3 is 3.11 bits per heavy atom. The van der Waals surface area contributed by atoms with E-state index in [4.69, 9.17) is 17.3 Å². The molecule has 100 valence electrons. The molecule has 0 saturated carbocycles. The topological polar surface area (TPSA) is 41.3 Å². The van der Waals surface area contributed by atoms with Crippen LogP contribution < -0.4 is 11.1 Å². The maximum atomic E-state index is 5.96. The minimum absolute atomic E-state index is 0.726. The van der Waals surface area contributed by atoms with E-state index in [0.29, 0.717) is 0 Å². The largest absolute Gasteiger partial charge is 0.397 e. The van der Waals surface area contributed by atoms with Crippen molar-refractivity contribution in [1.82, 2.24) is 4.90 Å². The molecule has 1 aromatic rings. The molecule has 18 heavy (non-hydrogen) atoms. The molecule has 1 aliphatic heterocycles. The number of anilines is 2. The maximum absolute atomic E-state index is 5.96. The summed E-state index contributed by atoms with van der Waals surface area (Å²) in [6, 6.07) is 5.56. The van der Waals surface area contributed by atoms with Gasteiger partial charge in [0, 0.05) is 18.1 Å². The van der Waals surface area contributed by atoms with Crippen LogP contribution >= 0.6 is 11.6 Å². The second-order valence-electron chi connectivity index (χ2n) is 5.22. The van der Waals surface area contributed by atoms with Crippen LogP contribution in [-0.4, -0.2) is 31.6 Å². The molecule has 1 heterocycles. The van der Waals surface area contributed by atoms with Gasteiger partial charge in [-0.1, -0.05) is 11.6 Å². The number of nitrogens with zero attached hydrogens (tertiary/aromatic N) is 1. The summed E-state index contributed by atoms with van der Waals surface area (Å²) in [6.45, 7) is 3.42. The molecule has 1 unspecified atom stereocenters. The van der Waals surface area contributed by atoms with Gasteiger partial charge in [-0.2, -0.15) is 0 Å². The van der Waals surface area contributed by atoms with Crippen molar-refractivity contribution in [3.05, 3.63) is 23.2 Å². The predicted molar refractivity (Wildman–Crippen MR) is 79.2 cm³/mol. The average molecular weight is 268 g/mol. The first-order chi connectivity index (χ1) is 8.65. The molecule has 0 radical (unpaired) electrons. The quantitative estimate of drug-likeness (QED) is 0.824. The van der Waals surface area contributed by atoms with Crippen LogP contribution in [0.5, 0.6) is 0 Å². The molecule has 0 amide bonds. The third-order valence-corrected chi connectivity index (χ3v) is 3.84. The summed E-state index contributed by atoms with van der Waals surface area (Å²) >= 11 is 5.96. The Hall–Kier alpha value is -0.930. The number of rotatable bonds is 4. The lowest BCUT2D eigenvalue weighted by Crippen LogP contribution is -2.32. The maximum Gasteiger partial charge on any atom is 0.0588 e. The lowest BCUT2D eigenvalue weighted by molar-refractivity contribution is 0.205. The monoisotopic (exact) mass is 267 g/mol. The van der Waals surface area contributed by atoms with Crippen molar-refractivity contribution in [1.29, 1.82) is 0 Å². The van der Waals surface area contributed by atoms with Crippen LogP contribution in [0, 0.1) is 5.92 Å². The molecule has 0 spiro atoms. The van der Waals surface area contributed by atoms with Gasteiger partial charge in [0.25, 0.3) is 0 Å². The summed E-state index contributed by atoms with van der Waals surface area (Å²) in [7, 11) is 2.20. The van der Waals surface area contributed by atoms with Gasteiger partial charge in [0.15, 0.2) is 0 Å². The Morgan fingerprint density at radius 1 is 1.50 bits per heavy atom. The Kier molecular flexibility index (Phi) is 4.72.